The van der Waals surface area contributed by atoms with Crippen LogP contribution in [-0.4, -0.2) is 40.9 Å². The SMILES string of the molecule is C[C@H]1CC(CCCO)CCN1C(=O)OC(C)(C)C. The molecular weight excluding hydrogens is 230 g/mol. The third-order valence-corrected chi connectivity index (χ3v) is 3.38. The molecule has 1 heterocycles. The highest BCUT2D eigenvalue weighted by Gasteiger charge is 2.31. The zero-order chi connectivity index (χ0) is 13.8. The van der Waals surface area contributed by atoms with Gasteiger partial charge >= 0.3 is 6.09 Å². The molecule has 0 radical (unpaired) electrons. The van der Waals surface area contributed by atoms with E-state index >= 15 is 0 Å². The van der Waals surface area contributed by atoms with Crippen molar-refractivity contribution in [3.05, 3.63) is 0 Å². The molecule has 1 N–H and O–H groups in total. The molecule has 0 saturated carbocycles. The molecule has 1 unspecified atom stereocenters. The Morgan fingerprint density at radius 1 is 1.44 bits per heavy atom. The van der Waals surface area contributed by atoms with Gasteiger partial charge in [0.15, 0.2) is 0 Å². The summed E-state index contributed by atoms with van der Waals surface area (Å²) in [5.41, 5.74) is -0.426. The maximum atomic E-state index is 12.0. The van der Waals surface area contributed by atoms with Crippen LogP contribution in [-0.2, 0) is 4.74 Å². The molecule has 1 fully saturated rings. The number of piperidine rings is 1. The minimum absolute atomic E-state index is 0.199. The van der Waals surface area contributed by atoms with Crippen LogP contribution in [0.5, 0.6) is 0 Å². The minimum Gasteiger partial charge on any atom is -0.444 e. The highest BCUT2D eigenvalue weighted by molar-refractivity contribution is 5.68. The molecule has 18 heavy (non-hydrogen) atoms. The fourth-order valence-electron chi connectivity index (χ4n) is 2.50. The molecule has 1 saturated heterocycles. The molecule has 4 nitrogen and oxygen atoms in total. The predicted octanol–water partition coefficient (Wildman–Crippen LogP) is 2.79. The average Bonchev–Trinajstić information content (AvgIpc) is 2.23. The number of nitrogens with zero attached hydrogens (tertiary/aromatic N) is 1. The Kier molecular flexibility index (Phi) is 5.45. The minimum atomic E-state index is -0.426. The summed E-state index contributed by atoms with van der Waals surface area (Å²) in [4.78, 5) is 13.8. The molecule has 0 spiro atoms. The Morgan fingerprint density at radius 3 is 2.61 bits per heavy atom. The molecule has 0 aromatic heterocycles. The number of hydrogen-bond acceptors (Lipinski definition) is 3. The molecule has 1 rings (SSSR count). The summed E-state index contributed by atoms with van der Waals surface area (Å²) in [6.07, 6.45) is 3.76. The normalized spacial score (nSPS) is 25.1. The van der Waals surface area contributed by atoms with Crippen LogP contribution in [0.4, 0.5) is 4.79 Å². The summed E-state index contributed by atoms with van der Waals surface area (Å²) in [6, 6.07) is 0.234. The number of aliphatic hydroxyl groups excluding tert-OH is 1. The molecule has 1 aliphatic heterocycles. The van der Waals surface area contributed by atoms with Crippen LogP contribution in [0.2, 0.25) is 0 Å². The van der Waals surface area contributed by atoms with Crippen LogP contribution in [0.3, 0.4) is 0 Å². The lowest BCUT2D eigenvalue weighted by Crippen LogP contribution is -2.46. The number of hydrogen-bond donors (Lipinski definition) is 1. The maximum Gasteiger partial charge on any atom is 0.410 e. The van der Waals surface area contributed by atoms with Gasteiger partial charge in [-0.25, -0.2) is 4.79 Å². The zero-order valence-electron chi connectivity index (χ0n) is 12.1. The van der Waals surface area contributed by atoms with Gasteiger partial charge in [-0.2, -0.15) is 0 Å². The van der Waals surface area contributed by atoms with Crippen LogP contribution in [0.25, 0.3) is 0 Å². The highest BCUT2D eigenvalue weighted by atomic mass is 16.6. The van der Waals surface area contributed by atoms with Gasteiger partial charge in [0, 0.05) is 19.2 Å². The van der Waals surface area contributed by atoms with Gasteiger partial charge in [-0.15, -0.1) is 0 Å². The summed E-state index contributed by atoms with van der Waals surface area (Å²) in [5.74, 6) is 0.630. The smallest absolute Gasteiger partial charge is 0.410 e. The Bertz CT molecular complexity index is 273. The second kappa shape index (κ2) is 6.41. The Balaban J connectivity index is 2.44. The monoisotopic (exact) mass is 257 g/mol. The molecule has 0 aliphatic carbocycles. The van der Waals surface area contributed by atoms with Gasteiger partial charge in [-0.3, -0.25) is 0 Å². The van der Waals surface area contributed by atoms with Gasteiger partial charge in [-0.1, -0.05) is 0 Å². The lowest BCUT2D eigenvalue weighted by atomic mass is 9.88. The summed E-state index contributed by atoms with van der Waals surface area (Å²) < 4.78 is 5.41. The highest BCUT2D eigenvalue weighted by Crippen LogP contribution is 2.27. The fourth-order valence-corrected chi connectivity index (χ4v) is 2.50. The molecule has 0 aromatic carbocycles. The zero-order valence-corrected chi connectivity index (χ0v) is 12.1. The molecule has 106 valence electrons. The molecule has 1 aliphatic rings. The number of ether oxygens (including phenoxy) is 1. The van der Waals surface area contributed by atoms with Crippen molar-refractivity contribution in [3.8, 4) is 0 Å². The fraction of sp³-hybridized carbons (Fsp3) is 0.929. The van der Waals surface area contributed by atoms with Gasteiger partial charge in [0.25, 0.3) is 0 Å². The average molecular weight is 257 g/mol. The predicted molar refractivity (Wildman–Crippen MR) is 71.4 cm³/mol. The molecule has 0 bridgehead atoms. The summed E-state index contributed by atoms with van der Waals surface area (Å²) in [5, 5.41) is 8.85. The Labute approximate surface area is 110 Å². The van der Waals surface area contributed by atoms with Crippen molar-refractivity contribution >= 4 is 6.09 Å². The summed E-state index contributed by atoms with van der Waals surface area (Å²) in [7, 11) is 0. The van der Waals surface area contributed by atoms with Crippen LogP contribution in [0, 0.1) is 5.92 Å². The molecule has 4 heteroatoms. The number of likely N-dealkylation sites (tertiary alicyclic amines) is 1. The topological polar surface area (TPSA) is 49.8 Å². The van der Waals surface area contributed by atoms with Gasteiger partial charge in [0.05, 0.1) is 0 Å². The lowest BCUT2D eigenvalue weighted by molar-refractivity contribution is 0.00641. The van der Waals surface area contributed by atoms with E-state index in [0.29, 0.717) is 5.92 Å². The summed E-state index contributed by atoms with van der Waals surface area (Å²) >= 11 is 0. The molecule has 2 atom stereocenters. The second-order valence-electron chi connectivity index (χ2n) is 6.28. The van der Waals surface area contributed by atoms with Crippen molar-refractivity contribution in [1.29, 1.82) is 0 Å². The quantitative estimate of drug-likeness (QED) is 0.845. The van der Waals surface area contributed by atoms with E-state index in [4.69, 9.17) is 9.84 Å². The first-order valence-corrected chi connectivity index (χ1v) is 6.94. The maximum absolute atomic E-state index is 12.0. The van der Waals surface area contributed by atoms with Crippen molar-refractivity contribution in [1.82, 2.24) is 4.90 Å². The number of carbonyl (C=O) groups is 1. The second-order valence-corrected chi connectivity index (χ2v) is 6.28. The third-order valence-electron chi connectivity index (χ3n) is 3.38. The summed E-state index contributed by atoms with van der Waals surface area (Å²) in [6.45, 7) is 8.79. The van der Waals surface area contributed by atoms with Crippen molar-refractivity contribution in [3.63, 3.8) is 0 Å². The standard InChI is InChI=1S/C14H27NO3/c1-11-10-12(6-5-9-16)7-8-15(11)13(17)18-14(2,3)4/h11-12,16H,5-10H2,1-4H3/t11-,12?/m0/s1. The van der Waals surface area contributed by atoms with E-state index in [1.807, 2.05) is 25.7 Å². The molecule has 1 amide bonds. The Morgan fingerprint density at radius 2 is 2.11 bits per heavy atom. The van der Waals surface area contributed by atoms with Crippen LogP contribution in [0.1, 0.15) is 53.4 Å². The van der Waals surface area contributed by atoms with Crippen LogP contribution in [0.15, 0.2) is 0 Å². The largest absolute Gasteiger partial charge is 0.444 e. The number of aliphatic hydroxyl groups is 1. The van der Waals surface area contributed by atoms with E-state index in [0.717, 1.165) is 32.2 Å². The van der Waals surface area contributed by atoms with Crippen molar-refractivity contribution < 1.29 is 14.6 Å². The van der Waals surface area contributed by atoms with E-state index < -0.39 is 5.60 Å². The van der Waals surface area contributed by atoms with Gasteiger partial charge in [0.1, 0.15) is 5.60 Å². The first-order valence-electron chi connectivity index (χ1n) is 6.94. The molecular formula is C14H27NO3. The number of amides is 1. The van der Waals surface area contributed by atoms with Crippen molar-refractivity contribution in [2.24, 2.45) is 5.92 Å². The van der Waals surface area contributed by atoms with E-state index in [2.05, 4.69) is 6.92 Å². The third kappa shape index (κ3) is 4.84. The van der Waals surface area contributed by atoms with Gasteiger partial charge in [0.2, 0.25) is 0 Å². The lowest BCUT2D eigenvalue weighted by Gasteiger charge is -2.38. The number of rotatable bonds is 3. The van der Waals surface area contributed by atoms with E-state index in [1.54, 1.807) is 0 Å². The van der Waals surface area contributed by atoms with E-state index in [-0.39, 0.29) is 18.7 Å². The first kappa shape index (κ1) is 15.3. The van der Waals surface area contributed by atoms with Gasteiger partial charge < -0.3 is 14.7 Å². The van der Waals surface area contributed by atoms with Gasteiger partial charge in [-0.05, 0) is 59.3 Å². The van der Waals surface area contributed by atoms with E-state index in [9.17, 15) is 4.79 Å². The Hall–Kier alpha value is -0.770. The van der Waals surface area contributed by atoms with E-state index in [1.165, 1.54) is 0 Å². The van der Waals surface area contributed by atoms with Crippen LogP contribution < -0.4 is 0 Å². The van der Waals surface area contributed by atoms with Crippen LogP contribution >= 0.6 is 0 Å². The number of carbonyl (C=O) groups excluding carboxylic acids is 1. The van der Waals surface area contributed by atoms with Crippen molar-refractivity contribution in [2.75, 3.05) is 13.2 Å². The van der Waals surface area contributed by atoms with Crippen molar-refractivity contribution in [2.45, 2.75) is 65.0 Å². The first-order chi connectivity index (χ1) is 8.33. The molecule has 0 aromatic rings.